The largest absolute Gasteiger partial charge is 0.306 e. The number of hydrogen-bond donors (Lipinski definition) is 1. The average Bonchev–Trinajstić information content (AvgIpc) is 3.04. The zero-order valence-electron chi connectivity index (χ0n) is 16.0. The molecule has 1 N–H and O–H groups in total. The van der Waals surface area contributed by atoms with Crippen LogP contribution < -0.4 is 5.32 Å². The van der Waals surface area contributed by atoms with E-state index in [1.165, 1.54) is 22.3 Å². The fourth-order valence-electron chi connectivity index (χ4n) is 4.44. The number of nitrogens with one attached hydrogen (secondary N) is 1. The summed E-state index contributed by atoms with van der Waals surface area (Å²) in [4.78, 5) is 0. The summed E-state index contributed by atoms with van der Waals surface area (Å²) in [5.41, 5.74) is 6.53. The highest BCUT2D eigenvalue weighted by atomic mass is 35.5. The SMILES string of the molecule is Cc1ccccc1C1=CC[C@@H](c2nnc3n2-c2ccc(Cl)cc2CNC3)CC1. The molecule has 0 saturated carbocycles. The summed E-state index contributed by atoms with van der Waals surface area (Å²) >= 11 is 6.23. The van der Waals surface area contributed by atoms with Gasteiger partial charge in [-0.1, -0.05) is 41.9 Å². The van der Waals surface area contributed by atoms with Crippen LogP contribution in [0.25, 0.3) is 11.3 Å². The molecule has 1 aliphatic carbocycles. The van der Waals surface area contributed by atoms with Crippen molar-refractivity contribution in [1.29, 1.82) is 0 Å². The van der Waals surface area contributed by atoms with E-state index in [0.29, 0.717) is 5.92 Å². The van der Waals surface area contributed by atoms with Crippen molar-refractivity contribution in [2.75, 3.05) is 0 Å². The lowest BCUT2D eigenvalue weighted by molar-refractivity contribution is 0.576. The molecule has 142 valence electrons. The van der Waals surface area contributed by atoms with Gasteiger partial charge in [0, 0.05) is 17.5 Å². The Morgan fingerprint density at radius 1 is 1.11 bits per heavy atom. The highest BCUT2D eigenvalue weighted by molar-refractivity contribution is 6.30. The maximum absolute atomic E-state index is 6.23. The van der Waals surface area contributed by atoms with E-state index in [-0.39, 0.29) is 0 Å². The first kappa shape index (κ1) is 17.7. The van der Waals surface area contributed by atoms with Gasteiger partial charge in [-0.25, -0.2) is 0 Å². The van der Waals surface area contributed by atoms with Crippen molar-refractivity contribution in [3.8, 4) is 5.69 Å². The third kappa shape index (κ3) is 3.07. The van der Waals surface area contributed by atoms with E-state index < -0.39 is 0 Å². The van der Waals surface area contributed by atoms with Crippen LogP contribution in [0, 0.1) is 6.92 Å². The van der Waals surface area contributed by atoms with Gasteiger partial charge in [-0.05, 0) is 66.6 Å². The third-order valence-electron chi connectivity index (χ3n) is 5.90. The van der Waals surface area contributed by atoms with Crippen molar-refractivity contribution in [2.24, 2.45) is 0 Å². The standard InChI is InChI=1S/C23H23ClN4/c1-15-4-2-3-5-20(15)16-6-8-17(9-7-16)23-27-26-22-14-25-13-18-12-19(24)10-11-21(18)28(22)23/h2-6,10-12,17,25H,7-9,13-14H2,1H3/t17-/m1/s1. The van der Waals surface area contributed by atoms with E-state index in [0.717, 1.165) is 54.7 Å². The molecule has 1 aromatic heterocycles. The number of aryl methyl sites for hydroxylation is 1. The summed E-state index contributed by atoms with van der Waals surface area (Å²) in [6, 6.07) is 14.7. The van der Waals surface area contributed by atoms with E-state index >= 15 is 0 Å². The Morgan fingerprint density at radius 3 is 2.82 bits per heavy atom. The normalized spacial score (nSPS) is 18.8. The average molecular weight is 391 g/mol. The molecular formula is C23H23ClN4. The van der Waals surface area contributed by atoms with E-state index in [1.54, 1.807) is 0 Å². The van der Waals surface area contributed by atoms with E-state index in [1.807, 2.05) is 12.1 Å². The topological polar surface area (TPSA) is 42.7 Å². The molecule has 3 aromatic rings. The first-order valence-electron chi connectivity index (χ1n) is 9.89. The van der Waals surface area contributed by atoms with E-state index in [9.17, 15) is 0 Å². The van der Waals surface area contributed by atoms with Crippen LogP contribution in [0.15, 0.2) is 48.5 Å². The van der Waals surface area contributed by atoms with Gasteiger partial charge in [0.15, 0.2) is 5.82 Å². The molecule has 0 saturated heterocycles. The van der Waals surface area contributed by atoms with Gasteiger partial charge in [0.2, 0.25) is 0 Å². The van der Waals surface area contributed by atoms with Crippen LogP contribution in [0.2, 0.25) is 5.02 Å². The molecular weight excluding hydrogens is 368 g/mol. The van der Waals surface area contributed by atoms with Gasteiger partial charge in [-0.15, -0.1) is 10.2 Å². The van der Waals surface area contributed by atoms with Gasteiger partial charge in [0.25, 0.3) is 0 Å². The lowest BCUT2D eigenvalue weighted by Gasteiger charge is -2.23. The summed E-state index contributed by atoms with van der Waals surface area (Å²) < 4.78 is 2.25. The van der Waals surface area contributed by atoms with Gasteiger partial charge in [0.1, 0.15) is 5.82 Å². The summed E-state index contributed by atoms with van der Waals surface area (Å²) in [7, 11) is 0. The molecule has 2 aliphatic rings. The molecule has 2 aromatic carbocycles. The molecule has 0 amide bonds. The zero-order valence-corrected chi connectivity index (χ0v) is 16.7. The Labute approximate surface area is 170 Å². The molecule has 1 atom stereocenters. The van der Waals surface area contributed by atoms with Gasteiger partial charge in [0.05, 0.1) is 12.2 Å². The molecule has 1 aliphatic heterocycles. The molecule has 0 spiro atoms. The number of aromatic nitrogens is 3. The minimum Gasteiger partial charge on any atom is -0.306 e. The second-order valence-electron chi connectivity index (χ2n) is 7.70. The van der Waals surface area contributed by atoms with Crippen molar-refractivity contribution in [3.63, 3.8) is 0 Å². The van der Waals surface area contributed by atoms with Crippen LogP contribution in [0.1, 0.15) is 53.5 Å². The molecule has 4 nitrogen and oxygen atoms in total. The predicted molar refractivity (Wildman–Crippen MR) is 113 cm³/mol. The van der Waals surface area contributed by atoms with Crippen molar-refractivity contribution in [3.05, 3.63) is 81.9 Å². The van der Waals surface area contributed by atoms with Crippen molar-refractivity contribution in [2.45, 2.75) is 45.2 Å². The number of benzene rings is 2. The van der Waals surface area contributed by atoms with Crippen molar-refractivity contribution >= 4 is 17.2 Å². The Morgan fingerprint density at radius 2 is 2.00 bits per heavy atom. The fraction of sp³-hybridized carbons (Fsp3) is 0.304. The molecule has 2 heterocycles. The molecule has 0 unspecified atom stereocenters. The Balaban J connectivity index is 1.50. The molecule has 5 rings (SSSR count). The molecule has 28 heavy (non-hydrogen) atoms. The maximum atomic E-state index is 6.23. The molecule has 0 bridgehead atoms. The monoisotopic (exact) mass is 390 g/mol. The molecule has 0 fully saturated rings. The van der Waals surface area contributed by atoms with Gasteiger partial charge < -0.3 is 5.32 Å². The van der Waals surface area contributed by atoms with Crippen LogP contribution in [-0.2, 0) is 13.1 Å². The predicted octanol–water partition coefficient (Wildman–Crippen LogP) is 5.18. The first-order chi connectivity index (χ1) is 13.7. The number of rotatable bonds is 2. The quantitative estimate of drug-likeness (QED) is 0.655. The maximum Gasteiger partial charge on any atom is 0.151 e. The summed E-state index contributed by atoms with van der Waals surface area (Å²) in [5.74, 6) is 2.43. The number of fused-ring (bicyclic) bond motifs is 3. The Kier molecular flexibility index (Phi) is 4.53. The summed E-state index contributed by atoms with van der Waals surface area (Å²) in [6.07, 6.45) is 5.56. The van der Waals surface area contributed by atoms with Gasteiger partial charge in [-0.3, -0.25) is 4.57 Å². The lowest BCUT2D eigenvalue weighted by atomic mass is 9.85. The van der Waals surface area contributed by atoms with Gasteiger partial charge >= 0.3 is 0 Å². The molecule has 5 heteroatoms. The lowest BCUT2D eigenvalue weighted by Crippen LogP contribution is -2.13. The highest BCUT2D eigenvalue weighted by Crippen LogP contribution is 2.38. The first-order valence-corrected chi connectivity index (χ1v) is 10.3. The van der Waals surface area contributed by atoms with Gasteiger partial charge in [-0.2, -0.15) is 0 Å². The van der Waals surface area contributed by atoms with E-state index in [2.05, 4.69) is 63.4 Å². The number of nitrogens with zero attached hydrogens (tertiary/aromatic N) is 3. The summed E-state index contributed by atoms with van der Waals surface area (Å²) in [6.45, 7) is 3.70. The smallest absolute Gasteiger partial charge is 0.151 e. The highest BCUT2D eigenvalue weighted by Gasteiger charge is 2.27. The minimum absolute atomic E-state index is 0.385. The van der Waals surface area contributed by atoms with Crippen LogP contribution >= 0.6 is 11.6 Å². The number of halogens is 1. The number of allylic oxidation sites excluding steroid dienone is 2. The Hall–Kier alpha value is -2.43. The fourth-order valence-corrected chi connectivity index (χ4v) is 4.64. The van der Waals surface area contributed by atoms with Crippen molar-refractivity contribution in [1.82, 2.24) is 20.1 Å². The van der Waals surface area contributed by atoms with Crippen LogP contribution in [0.3, 0.4) is 0 Å². The van der Waals surface area contributed by atoms with E-state index in [4.69, 9.17) is 11.6 Å². The third-order valence-corrected chi connectivity index (χ3v) is 6.14. The zero-order chi connectivity index (χ0) is 19.1. The Bertz CT molecular complexity index is 1070. The van der Waals surface area contributed by atoms with Crippen LogP contribution in [0.5, 0.6) is 0 Å². The second-order valence-corrected chi connectivity index (χ2v) is 8.14. The van der Waals surface area contributed by atoms with Crippen LogP contribution in [0.4, 0.5) is 0 Å². The second kappa shape index (κ2) is 7.19. The van der Waals surface area contributed by atoms with Crippen LogP contribution in [-0.4, -0.2) is 14.8 Å². The summed E-state index contributed by atoms with van der Waals surface area (Å²) in [5, 5.41) is 13.3. The number of hydrogen-bond acceptors (Lipinski definition) is 3. The molecule has 0 radical (unpaired) electrons. The van der Waals surface area contributed by atoms with Crippen molar-refractivity contribution < 1.29 is 0 Å². The minimum atomic E-state index is 0.385.